The van der Waals surface area contributed by atoms with E-state index in [0.29, 0.717) is 31.1 Å². The van der Waals surface area contributed by atoms with E-state index < -0.39 is 6.03 Å². The Morgan fingerprint density at radius 3 is 2.52 bits per heavy atom. The van der Waals surface area contributed by atoms with Crippen LogP contribution in [0.1, 0.15) is 63.4 Å². The van der Waals surface area contributed by atoms with Gasteiger partial charge in [0.1, 0.15) is 6.61 Å². The molecule has 160 valence electrons. The number of hydrogen-bond acceptors (Lipinski definition) is 4. The number of allylic oxidation sites excluding steroid dienone is 1. The van der Waals surface area contributed by atoms with Gasteiger partial charge in [-0.2, -0.15) is 0 Å². The SMILES string of the molecule is CNC(=O)NC(=O)/C1=C/CCCCCC(COOCc2ccccc2)CCCC1. The average molecular weight is 403 g/mol. The van der Waals surface area contributed by atoms with Crippen LogP contribution in [0.5, 0.6) is 0 Å². The van der Waals surface area contributed by atoms with Gasteiger partial charge in [-0.25, -0.2) is 14.6 Å². The van der Waals surface area contributed by atoms with Crippen molar-refractivity contribution in [2.45, 2.75) is 64.4 Å². The summed E-state index contributed by atoms with van der Waals surface area (Å²) < 4.78 is 0. The highest BCUT2D eigenvalue weighted by molar-refractivity contribution is 6.03. The third-order valence-electron chi connectivity index (χ3n) is 5.22. The highest BCUT2D eigenvalue weighted by Gasteiger charge is 2.14. The summed E-state index contributed by atoms with van der Waals surface area (Å²) in [5.41, 5.74) is 1.81. The summed E-state index contributed by atoms with van der Waals surface area (Å²) in [6, 6.07) is 9.54. The monoisotopic (exact) mass is 402 g/mol. The molecule has 1 aromatic carbocycles. The van der Waals surface area contributed by atoms with Crippen molar-refractivity contribution in [3.05, 3.63) is 47.5 Å². The Balaban J connectivity index is 1.75. The second-order valence-electron chi connectivity index (χ2n) is 7.54. The highest BCUT2D eigenvalue weighted by atomic mass is 17.2. The van der Waals surface area contributed by atoms with E-state index in [1.54, 1.807) is 0 Å². The maximum Gasteiger partial charge on any atom is 0.321 e. The van der Waals surface area contributed by atoms with Gasteiger partial charge >= 0.3 is 6.03 Å². The maximum absolute atomic E-state index is 12.3. The van der Waals surface area contributed by atoms with E-state index in [1.165, 1.54) is 7.05 Å². The minimum Gasteiger partial charge on any atom is -0.341 e. The molecule has 2 rings (SSSR count). The summed E-state index contributed by atoms with van der Waals surface area (Å²) in [5.74, 6) is 0.188. The van der Waals surface area contributed by atoms with Gasteiger partial charge in [-0.05, 0) is 50.0 Å². The number of carbonyl (C=O) groups excluding carboxylic acids is 2. The zero-order valence-electron chi connectivity index (χ0n) is 17.5. The molecular weight excluding hydrogens is 368 g/mol. The fourth-order valence-electron chi connectivity index (χ4n) is 3.47. The van der Waals surface area contributed by atoms with Crippen LogP contribution in [0.3, 0.4) is 0 Å². The summed E-state index contributed by atoms with van der Waals surface area (Å²) in [5, 5.41) is 4.79. The van der Waals surface area contributed by atoms with E-state index in [1.807, 2.05) is 36.4 Å². The fourth-order valence-corrected chi connectivity index (χ4v) is 3.47. The van der Waals surface area contributed by atoms with Crippen molar-refractivity contribution in [1.29, 1.82) is 0 Å². The molecule has 0 aromatic heterocycles. The largest absolute Gasteiger partial charge is 0.341 e. The third kappa shape index (κ3) is 9.72. The first-order chi connectivity index (χ1) is 14.2. The summed E-state index contributed by atoms with van der Waals surface area (Å²) in [7, 11) is 1.50. The molecule has 0 aliphatic heterocycles. The zero-order valence-corrected chi connectivity index (χ0v) is 17.5. The molecule has 6 heteroatoms. The molecule has 0 fully saturated rings. The number of nitrogens with one attached hydrogen (secondary N) is 2. The number of carbonyl (C=O) groups is 2. The number of urea groups is 1. The molecule has 1 aliphatic carbocycles. The second kappa shape index (κ2) is 13.9. The van der Waals surface area contributed by atoms with E-state index >= 15 is 0 Å². The van der Waals surface area contributed by atoms with E-state index in [9.17, 15) is 9.59 Å². The van der Waals surface area contributed by atoms with Crippen LogP contribution >= 0.6 is 0 Å². The lowest BCUT2D eigenvalue weighted by molar-refractivity contribution is -0.311. The summed E-state index contributed by atoms with van der Waals surface area (Å²) in [6.07, 6.45) is 11.0. The van der Waals surface area contributed by atoms with Crippen molar-refractivity contribution >= 4 is 11.9 Å². The molecule has 2 N–H and O–H groups in total. The van der Waals surface area contributed by atoms with Crippen LogP contribution < -0.4 is 10.6 Å². The van der Waals surface area contributed by atoms with Crippen molar-refractivity contribution in [3.8, 4) is 0 Å². The summed E-state index contributed by atoms with van der Waals surface area (Å²) >= 11 is 0. The Labute approximate surface area is 174 Å². The van der Waals surface area contributed by atoms with Gasteiger partial charge in [0.25, 0.3) is 5.91 Å². The minimum atomic E-state index is -0.463. The first-order valence-corrected chi connectivity index (χ1v) is 10.7. The Kier molecular flexibility index (Phi) is 11.1. The first-order valence-electron chi connectivity index (χ1n) is 10.7. The van der Waals surface area contributed by atoms with Crippen molar-refractivity contribution in [3.63, 3.8) is 0 Å². The Morgan fingerprint density at radius 1 is 1.00 bits per heavy atom. The number of benzene rings is 1. The highest BCUT2D eigenvalue weighted by Crippen LogP contribution is 2.22. The molecule has 0 heterocycles. The Bertz CT molecular complexity index is 646. The maximum atomic E-state index is 12.3. The molecule has 6 nitrogen and oxygen atoms in total. The number of rotatable bonds is 6. The Morgan fingerprint density at radius 2 is 1.76 bits per heavy atom. The van der Waals surface area contributed by atoms with Gasteiger partial charge in [-0.1, -0.05) is 55.7 Å². The molecule has 0 saturated heterocycles. The van der Waals surface area contributed by atoms with E-state index in [4.69, 9.17) is 9.78 Å². The van der Waals surface area contributed by atoms with Gasteiger partial charge in [0.2, 0.25) is 0 Å². The van der Waals surface area contributed by atoms with Crippen LogP contribution in [0, 0.1) is 5.92 Å². The predicted octanol–water partition coefficient (Wildman–Crippen LogP) is 4.66. The average Bonchev–Trinajstić information content (AvgIpc) is 2.73. The quantitative estimate of drug-likeness (QED) is 0.412. The van der Waals surface area contributed by atoms with Gasteiger partial charge in [0, 0.05) is 12.6 Å². The number of amides is 3. The first kappa shape index (κ1) is 23.1. The standard InChI is InChI=1S/C23H34N2O4/c1-24-23(27)25-22(26)21-15-8-3-2-5-11-20(14-9-10-16-21)18-29-28-17-19-12-6-4-7-13-19/h4,6-7,12-13,15,20H,2-3,5,8-11,14,16-18H2,1H3,(H2,24,25,26,27)/b21-15+. The van der Waals surface area contributed by atoms with Crippen LogP contribution in [-0.4, -0.2) is 25.6 Å². The third-order valence-corrected chi connectivity index (χ3v) is 5.22. The van der Waals surface area contributed by atoms with Crippen molar-refractivity contribution in [2.24, 2.45) is 5.92 Å². The van der Waals surface area contributed by atoms with Crippen LogP contribution in [0.25, 0.3) is 0 Å². The van der Waals surface area contributed by atoms with Crippen molar-refractivity contribution in [1.82, 2.24) is 10.6 Å². The molecule has 1 aromatic rings. The smallest absolute Gasteiger partial charge is 0.321 e. The predicted molar refractivity (Wildman–Crippen MR) is 113 cm³/mol. The molecule has 1 aliphatic rings. The molecule has 29 heavy (non-hydrogen) atoms. The lowest BCUT2D eigenvalue weighted by Gasteiger charge is -2.17. The molecule has 1 unspecified atom stereocenters. The van der Waals surface area contributed by atoms with Crippen LogP contribution in [-0.2, 0) is 21.2 Å². The lowest BCUT2D eigenvalue weighted by Crippen LogP contribution is -2.38. The molecule has 0 radical (unpaired) electrons. The second-order valence-corrected chi connectivity index (χ2v) is 7.54. The van der Waals surface area contributed by atoms with E-state index in [2.05, 4.69) is 10.6 Å². The normalized spacial score (nSPS) is 20.4. The lowest BCUT2D eigenvalue weighted by atomic mass is 9.93. The molecular formula is C23H34N2O4. The summed E-state index contributed by atoms with van der Waals surface area (Å²) in [6.45, 7) is 1.06. The number of imide groups is 1. The number of hydrogen-bond donors (Lipinski definition) is 2. The van der Waals surface area contributed by atoms with Gasteiger partial charge in [-0.3, -0.25) is 10.1 Å². The topological polar surface area (TPSA) is 76.7 Å². The van der Waals surface area contributed by atoms with Crippen LogP contribution in [0.15, 0.2) is 42.0 Å². The van der Waals surface area contributed by atoms with Crippen molar-refractivity contribution in [2.75, 3.05) is 13.7 Å². The fraction of sp³-hybridized carbons (Fsp3) is 0.565. The van der Waals surface area contributed by atoms with E-state index in [-0.39, 0.29) is 5.91 Å². The van der Waals surface area contributed by atoms with Gasteiger partial charge in [0.05, 0.1) is 6.61 Å². The summed E-state index contributed by atoms with van der Waals surface area (Å²) in [4.78, 5) is 34.6. The van der Waals surface area contributed by atoms with Crippen molar-refractivity contribution < 1.29 is 19.4 Å². The zero-order chi connectivity index (χ0) is 20.7. The molecule has 3 amide bonds. The minimum absolute atomic E-state index is 0.282. The van der Waals surface area contributed by atoms with Gasteiger partial charge < -0.3 is 5.32 Å². The van der Waals surface area contributed by atoms with Gasteiger partial charge in [-0.15, -0.1) is 0 Å². The van der Waals surface area contributed by atoms with Crippen LogP contribution in [0.4, 0.5) is 4.79 Å². The van der Waals surface area contributed by atoms with Gasteiger partial charge in [0.15, 0.2) is 0 Å². The molecule has 1 atom stereocenters. The van der Waals surface area contributed by atoms with E-state index in [0.717, 1.165) is 56.9 Å². The van der Waals surface area contributed by atoms with Crippen LogP contribution in [0.2, 0.25) is 0 Å². The molecule has 0 bridgehead atoms. The molecule has 0 saturated carbocycles. The molecule has 0 spiro atoms. The Hall–Kier alpha value is -2.18.